The van der Waals surface area contributed by atoms with Gasteiger partial charge in [0.1, 0.15) is 18.0 Å². The molecule has 0 saturated carbocycles. The van der Waals surface area contributed by atoms with Crippen molar-refractivity contribution in [2.75, 3.05) is 32.3 Å². The van der Waals surface area contributed by atoms with Gasteiger partial charge in [-0.05, 0) is 31.2 Å². The Morgan fingerprint density at radius 2 is 1.93 bits per heavy atom. The highest BCUT2D eigenvalue weighted by Crippen LogP contribution is 2.45. The molecule has 41 heavy (non-hydrogen) atoms. The summed E-state index contributed by atoms with van der Waals surface area (Å²) >= 11 is 6.48. The molecule has 10 nitrogen and oxygen atoms in total. The first-order valence-corrected chi connectivity index (χ1v) is 13.6. The summed E-state index contributed by atoms with van der Waals surface area (Å²) in [6.07, 6.45) is -1.75. The van der Waals surface area contributed by atoms with Gasteiger partial charge in [0.25, 0.3) is 5.91 Å². The molecule has 0 radical (unpaired) electrons. The SMILES string of the molecule is COc1cccc([C@H]2O[C@H](Cc3nc(CCC(=O)O)c(C)o3)C(=O)N(CC(C)(C)CO)c3ccc(Cl)cc32)c1OC. The minimum Gasteiger partial charge on any atom is -0.493 e. The highest BCUT2D eigenvalue weighted by molar-refractivity contribution is 6.30. The summed E-state index contributed by atoms with van der Waals surface area (Å²) in [5.41, 5.74) is 1.74. The number of amides is 1. The number of rotatable bonds is 11. The highest BCUT2D eigenvalue weighted by atomic mass is 35.5. The molecule has 11 heteroatoms. The summed E-state index contributed by atoms with van der Waals surface area (Å²) in [5.74, 6) is 0.398. The van der Waals surface area contributed by atoms with Crippen molar-refractivity contribution in [1.82, 2.24) is 4.98 Å². The fraction of sp³-hybridized carbons (Fsp3) is 0.433. The van der Waals surface area contributed by atoms with Gasteiger partial charge in [0, 0.05) is 46.8 Å². The van der Waals surface area contributed by atoms with Gasteiger partial charge in [0.05, 0.1) is 32.8 Å². The van der Waals surface area contributed by atoms with Crippen LogP contribution in [0.1, 0.15) is 54.8 Å². The standard InChI is InChI=1S/C30H35ClN2O8/c1-17-21(10-12-26(35)36)32-25(40-17)14-24-29(37)33(15-30(2,3)16-34)22-11-9-18(31)13-20(22)27(41-24)19-7-6-8-23(38-4)28(19)39-5/h6-9,11,13,24,27,34H,10,12,14-16H2,1-5H3,(H,35,36)/t24-,27-/m1/s1. The van der Waals surface area contributed by atoms with E-state index in [9.17, 15) is 14.7 Å². The molecular weight excluding hydrogens is 552 g/mol. The molecule has 2 heterocycles. The molecule has 0 fully saturated rings. The number of anilines is 1. The van der Waals surface area contributed by atoms with Gasteiger partial charge in [-0.15, -0.1) is 0 Å². The van der Waals surface area contributed by atoms with Crippen molar-refractivity contribution >= 4 is 29.2 Å². The molecule has 3 aromatic rings. The van der Waals surface area contributed by atoms with Gasteiger partial charge >= 0.3 is 5.97 Å². The number of hydrogen-bond acceptors (Lipinski definition) is 8. The van der Waals surface area contributed by atoms with Crippen molar-refractivity contribution in [1.29, 1.82) is 0 Å². The highest BCUT2D eigenvalue weighted by Gasteiger charge is 2.40. The first-order valence-electron chi connectivity index (χ1n) is 13.2. The maximum Gasteiger partial charge on any atom is 0.303 e. The number of aromatic nitrogens is 1. The Balaban J connectivity index is 1.85. The van der Waals surface area contributed by atoms with E-state index in [2.05, 4.69) is 4.98 Å². The van der Waals surface area contributed by atoms with Gasteiger partial charge in [0.15, 0.2) is 17.4 Å². The number of halogens is 1. The lowest BCUT2D eigenvalue weighted by Crippen LogP contribution is -2.46. The van der Waals surface area contributed by atoms with Gasteiger partial charge in [-0.2, -0.15) is 0 Å². The van der Waals surface area contributed by atoms with Crippen LogP contribution in [0.2, 0.25) is 5.02 Å². The Bertz CT molecular complexity index is 1420. The number of carboxylic acids is 1. The topological polar surface area (TPSA) is 132 Å². The van der Waals surface area contributed by atoms with Crippen LogP contribution in [-0.2, 0) is 27.2 Å². The van der Waals surface area contributed by atoms with Crippen LogP contribution in [-0.4, -0.2) is 60.5 Å². The van der Waals surface area contributed by atoms with E-state index >= 15 is 0 Å². The molecule has 0 saturated heterocycles. The minimum atomic E-state index is -1.05. The summed E-state index contributed by atoms with van der Waals surface area (Å²) in [6, 6.07) is 10.7. The van der Waals surface area contributed by atoms with Crippen molar-refractivity contribution in [3.8, 4) is 11.5 Å². The molecule has 0 unspecified atom stereocenters. The molecule has 1 aliphatic rings. The lowest BCUT2D eigenvalue weighted by molar-refractivity contribution is -0.137. The number of aliphatic carboxylic acids is 1. The van der Waals surface area contributed by atoms with Crippen molar-refractivity contribution < 1.29 is 38.4 Å². The van der Waals surface area contributed by atoms with E-state index in [0.29, 0.717) is 44.8 Å². The zero-order chi connectivity index (χ0) is 29.9. The van der Waals surface area contributed by atoms with Crippen LogP contribution in [0.5, 0.6) is 11.5 Å². The van der Waals surface area contributed by atoms with Crippen LogP contribution in [0.25, 0.3) is 0 Å². The Morgan fingerprint density at radius 1 is 1.17 bits per heavy atom. The average molecular weight is 587 g/mol. The number of methoxy groups -OCH3 is 2. The van der Waals surface area contributed by atoms with Crippen molar-refractivity contribution in [2.24, 2.45) is 5.41 Å². The quantitative estimate of drug-likeness (QED) is 0.326. The summed E-state index contributed by atoms with van der Waals surface area (Å²) < 4.78 is 23.7. The number of nitrogens with zero attached hydrogens (tertiary/aromatic N) is 2. The third-order valence-corrected chi connectivity index (χ3v) is 7.24. The number of para-hydroxylation sites is 1. The number of aliphatic hydroxyl groups is 1. The number of carboxylic acid groups (broad SMARTS) is 1. The van der Waals surface area contributed by atoms with Crippen molar-refractivity contribution in [3.05, 3.63) is 69.9 Å². The molecule has 4 rings (SSSR count). The van der Waals surface area contributed by atoms with E-state index in [1.165, 1.54) is 14.2 Å². The third-order valence-electron chi connectivity index (χ3n) is 7.01. The number of oxazole rings is 1. The maximum absolute atomic E-state index is 14.2. The van der Waals surface area contributed by atoms with Crippen LogP contribution in [0.3, 0.4) is 0 Å². The molecule has 2 atom stereocenters. The van der Waals surface area contributed by atoms with Gasteiger partial charge in [0.2, 0.25) is 0 Å². The number of benzene rings is 2. The van der Waals surface area contributed by atoms with E-state index in [-0.39, 0.29) is 44.2 Å². The molecule has 0 spiro atoms. The first-order chi connectivity index (χ1) is 19.5. The van der Waals surface area contributed by atoms with E-state index in [1.54, 1.807) is 36.1 Å². The van der Waals surface area contributed by atoms with Crippen LogP contribution in [0.15, 0.2) is 40.8 Å². The lowest BCUT2D eigenvalue weighted by atomic mass is 9.92. The Morgan fingerprint density at radius 3 is 2.59 bits per heavy atom. The van der Waals surface area contributed by atoms with Gasteiger partial charge < -0.3 is 33.7 Å². The number of carbonyl (C=O) groups is 2. The van der Waals surface area contributed by atoms with Crippen molar-refractivity contribution in [2.45, 2.75) is 52.2 Å². The Hall–Kier alpha value is -3.60. The van der Waals surface area contributed by atoms with E-state index in [0.717, 1.165) is 0 Å². The monoisotopic (exact) mass is 586 g/mol. The van der Waals surface area contributed by atoms with Crippen LogP contribution in [0, 0.1) is 12.3 Å². The smallest absolute Gasteiger partial charge is 0.303 e. The molecular formula is C30H35ClN2O8. The van der Waals surface area contributed by atoms with E-state index in [1.807, 2.05) is 26.0 Å². The lowest BCUT2D eigenvalue weighted by Gasteiger charge is -2.32. The zero-order valence-electron chi connectivity index (χ0n) is 23.8. The molecule has 0 aliphatic carbocycles. The number of ether oxygens (including phenoxy) is 3. The largest absolute Gasteiger partial charge is 0.493 e. The fourth-order valence-corrected chi connectivity index (χ4v) is 5.08. The predicted molar refractivity (Wildman–Crippen MR) is 152 cm³/mol. The second kappa shape index (κ2) is 12.5. The van der Waals surface area contributed by atoms with Crippen LogP contribution < -0.4 is 14.4 Å². The number of aryl methyl sites for hydroxylation is 2. The summed E-state index contributed by atoms with van der Waals surface area (Å²) in [7, 11) is 3.07. The summed E-state index contributed by atoms with van der Waals surface area (Å²) in [5, 5.41) is 19.6. The fourth-order valence-electron chi connectivity index (χ4n) is 4.90. The predicted octanol–water partition coefficient (Wildman–Crippen LogP) is 4.75. The normalized spacial score (nSPS) is 17.2. The number of fused-ring (bicyclic) bond motifs is 1. The van der Waals surface area contributed by atoms with Gasteiger partial charge in [-0.3, -0.25) is 9.59 Å². The van der Waals surface area contributed by atoms with Gasteiger partial charge in [-0.1, -0.05) is 37.6 Å². The number of carbonyl (C=O) groups excluding carboxylic acids is 1. The van der Waals surface area contributed by atoms with E-state index < -0.39 is 23.6 Å². The molecule has 0 bridgehead atoms. The molecule has 1 amide bonds. The van der Waals surface area contributed by atoms with Crippen LogP contribution >= 0.6 is 11.6 Å². The number of aliphatic hydroxyl groups excluding tert-OH is 1. The minimum absolute atomic E-state index is 0.00664. The Labute approximate surface area is 243 Å². The molecule has 2 N–H and O–H groups in total. The maximum atomic E-state index is 14.2. The Kier molecular flexibility index (Phi) is 9.26. The molecule has 220 valence electrons. The molecule has 2 aromatic carbocycles. The molecule has 1 aliphatic heterocycles. The van der Waals surface area contributed by atoms with Crippen LogP contribution in [0.4, 0.5) is 5.69 Å². The number of hydrogen-bond donors (Lipinski definition) is 2. The summed E-state index contributed by atoms with van der Waals surface area (Å²) in [6.45, 7) is 5.50. The first kappa shape index (κ1) is 30.4. The van der Waals surface area contributed by atoms with Crippen molar-refractivity contribution in [3.63, 3.8) is 0 Å². The average Bonchev–Trinajstić information content (AvgIpc) is 3.25. The second-order valence-electron chi connectivity index (χ2n) is 10.7. The second-order valence-corrected chi connectivity index (χ2v) is 11.2. The third kappa shape index (κ3) is 6.66. The molecule has 1 aromatic heterocycles. The summed E-state index contributed by atoms with van der Waals surface area (Å²) in [4.78, 5) is 31.4. The van der Waals surface area contributed by atoms with E-state index in [4.69, 9.17) is 35.3 Å². The van der Waals surface area contributed by atoms with Gasteiger partial charge in [-0.25, -0.2) is 4.98 Å². The zero-order valence-corrected chi connectivity index (χ0v) is 24.5.